The SMILES string of the molecule is CCCN1CCN(c2cc(C)nc(NCc3ccc(CNCCCNC4CCCCC4)cc3)n2)CC1. The standard InChI is InChI=1S/C29H47N7/c1-3-16-35-17-19-36(20-18-35)28-21-24(2)33-29(34-28)32-23-26-12-10-25(11-13-26)22-30-14-7-15-31-27-8-5-4-6-9-27/h10-13,21,27,30-31H,3-9,14-20,22-23H2,1-2H3,(H,32,33,34). The van der Waals surface area contributed by atoms with Crippen LogP contribution in [0.4, 0.5) is 11.8 Å². The van der Waals surface area contributed by atoms with Crippen LogP contribution in [0.5, 0.6) is 0 Å². The molecule has 4 rings (SSSR count). The van der Waals surface area contributed by atoms with Gasteiger partial charge in [-0.15, -0.1) is 0 Å². The number of hydrogen-bond acceptors (Lipinski definition) is 7. The molecule has 2 fully saturated rings. The molecule has 1 saturated carbocycles. The van der Waals surface area contributed by atoms with Crippen LogP contribution in [-0.2, 0) is 13.1 Å². The molecule has 2 heterocycles. The lowest BCUT2D eigenvalue weighted by atomic mass is 9.95. The number of aromatic nitrogens is 2. The number of anilines is 2. The predicted molar refractivity (Wildman–Crippen MR) is 151 cm³/mol. The van der Waals surface area contributed by atoms with Crippen molar-refractivity contribution in [3.05, 3.63) is 47.2 Å². The summed E-state index contributed by atoms with van der Waals surface area (Å²) in [6.45, 7) is 13.6. The summed E-state index contributed by atoms with van der Waals surface area (Å²) in [7, 11) is 0. The van der Waals surface area contributed by atoms with Crippen molar-refractivity contribution in [2.24, 2.45) is 0 Å². The van der Waals surface area contributed by atoms with E-state index in [2.05, 4.69) is 74.9 Å². The Morgan fingerprint density at radius 2 is 1.61 bits per heavy atom. The number of rotatable bonds is 13. The van der Waals surface area contributed by atoms with Gasteiger partial charge in [-0.2, -0.15) is 4.98 Å². The number of benzene rings is 1. The van der Waals surface area contributed by atoms with Crippen LogP contribution < -0.4 is 20.9 Å². The highest BCUT2D eigenvalue weighted by Crippen LogP contribution is 2.18. The van der Waals surface area contributed by atoms with Crippen molar-refractivity contribution >= 4 is 11.8 Å². The Morgan fingerprint density at radius 3 is 2.33 bits per heavy atom. The largest absolute Gasteiger partial charge is 0.354 e. The smallest absolute Gasteiger partial charge is 0.225 e. The molecule has 1 aliphatic heterocycles. The maximum absolute atomic E-state index is 4.83. The van der Waals surface area contributed by atoms with Crippen molar-refractivity contribution in [2.45, 2.75) is 77.9 Å². The molecule has 1 saturated heterocycles. The van der Waals surface area contributed by atoms with Gasteiger partial charge in [0.05, 0.1) is 0 Å². The minimum absolute atomic E-state index is 0.716. The van der Waals surface area contributed by atoms with E-state index in [-0.39, 0.29) is 0 Å². The predicted octanol–water partition coefficient (Wildman–Crippen LogP) is 4.33. The third kappa shape index (κ3) is 8.71. The molecule has 0 bridgehead atoms. The average molecular weight is 494 g/mol. The summed E-state index contributed by atoms with van der Waals surface area (Å²) in [5.41, 5.74) is 3.58. The van der Waals surface area contributed by atoms with Crippen LogP contribution in [0.25, 0.3) is 0 Å². The highest BCUT2D eigenvalue weighted by atomic mass is 15.3. The van der Waals surface area contributed by atoms with E-state index < -0.39 is 0 Å². The van der Waals surface area contributed by atoms with Crippen LogP contribution >= 0.6 is 0 Å². The number of nitrogens with one attached hydrogen (secondary N) is 3. The molecule has 0 amide bonds. The molecule has 1 aliphatic carbocycles. The Bertz CT molecular complexity index is 887. The first-order chi connectivity index (χ1) is 17.7. The topological polar surface area (TPSA) is 68.3 Å². The molecule has 0 radical (unpaired) electrons. The van der Waals surface area contributed by atoms with Crippen LogP contribution in [-0.4, -0.2) is 66.7 Å². The second-order valence-electron chi connectivity index (χ2n) is 10.5. The molecule has 7 nitrogen and oxygen atoms in total. The lowest BCUT2D eigenvalue weighted by molar-refractivity contribution is 0.258. The second-order valence-corrected chi connectivity index (χ2v) is 10.5. The first-order valence-electron chi connectivity index (χ1n) is 14.3. The normalized spacial score (nSPS) is 17.4. The van der Waals surface area contributed by atoms with Gasteiger partial charge in [0.2, 0.25) is 5.95 Å². The Kier molecular flexibility index (Phi) is 10.8. The fraction of sp³-hybridized carbons (Fsp3) is 0.655. The molecule has 2 aromatic rings. The number of piperazine rings is 1. The van der Waals surface area contributed by atoms with Gasteiger partial charge in [0, 0.05) is 57.1 Å². The third-order valence-corrected chi connectivity index (χ3v) is 7.45. The molecule has 198 valence electrons. The second kappa shape index (κ2) is 14.5. The average Bonchev–Trinajstić information content (AvgIpc) is 2.91. The van der Waals surface area contributed by atoms with Gasteiger partial charge in [-0.25, -0.2) is 4.98 Å². The number of nitrogens with zero attached hydrogens (tertiary/aromatic N) is 4. The zero-order valence-corrected chi connectivity index (χ0v) is 22.6. The molecule has 1 aromatic heterocycles. The number of hydrogen-bond donors (Lipinski definition) is 3. The van der Waals surface area contributed by atoms with Crippen molar-refractivity contribution in [1.82, 2.24) is 25.5 Å². The number of aryl methyl sites for hydroxylation is 1. The lowest BCUT2D eigenvalue weighted by Gasteiger charge is -2.35. The van der Waals surface area contributed by atoms with Crippen LogP contribution in [0.1, 0.15) is 68.7 Å². The van der Waals surface area contributed by atoms with Crippen LogP contribution in [0.15, 0.2) is 30.3 Å². The van der Waals surface area contributed by atoms with Gasteiger partial charge in [0.1, 0.15) is 5.82 Å². The summed E-state index contributed by atoms with van der Waals surface area (Å²) >= 11 is 0. The van der Waals surface area contributed by atoms with Gasteiger partial charge in [0.15, 0.2) is 0 Å². The third-order valence-electron chi connectivity index (χ3n) is 7.45. The first-order valence-corrected chi connectivity index (χ1v) is 14.3. The first kappa shape index (κ1) is 26.8. The Labute approximate surface area is 218 Å². The van der Waals surface area contributed by atoms with E-state index in [4.69, 9.17) is 4.98 Å². The molecular formula is C29H47N7. The zero-order valence-electron chi connectivity index (χ0n) is 22.6. The van der Waals surface area contributed by atoms with Crippen molar-refractivity contribution in [3.8, 4) is 0 Å². The molecule has 0 spiro atoms. The fourth-order valence-corrected chi connectivity index (χ4v) is 5.32. The van der Waals surface area contributed by atoms with E-state index in [1.807, 2.05) is 0 Å². The quantitative estimate of drug-likeness (QED) is 0.359. The van der Waals surface area contributed by atoms with E-state index >= 15 is 0 Å². The molecule has 0 atom stereocenters. The molecule has 3 N–H and O–H groups in total. The minimum Gasteiger partial charge on any atom is -0.354 e. The van der Waals surface area contributed by atoms with Crippen molar-refractivity contribution in [2.75, 3.05) is 56.0 Å². The summed E-state index contributed by atoms with van der Waals surface area (Å²) in [4.78, 5) is 14.4. The minimum atomic E-state index is 0.716. The zero-order chi connectivity index (χ0) is 25.0. The van der Waals surface area contributed by atoms with E-state index in [9.17, 15) is 0 Å². The van der Waals surface area contributed by atoms with Gasteiger partial charge in [0.25, 0.3) is 0 Å². The molecular weight excluding hydrogens is 446 g/mol. The van der Waals surface area contributed by atoms with Crippen molar-refractivity contribution in [3.63, 3.8) is 0 Å². The highest BCUT2D eigenvalue weighted by molar-refractivity contribution is 5.45. The summed E-state index contributed by atoms with van der Waals surface area (Å²) in [6.07, 6.45) is 9.35. The Hall–Kier alpha value is -2.22. The van der Waals surface area contributed by atoms with Crippen molar-refractivity contribution < 1.29 is 0 Å². The van der Waals surface area contributed by atoms with Gasteiger partial charge in [-0.3, -0.25) is 4.90 Å². The van der Waals surface area contributed by atoms with E-state index in [1.165, 1.54) is 62.6 Å². The van der Waals surface area contributed by atoms with E-state index in [0.717, 1.165) is 69.9 Å². The monoisotopic (exact) mass is 493 g/mol. The summed E-state index contributed by atoms with van der Waals surface area (Å²) in [6, 6.07) is 11.7. The van der Waals surface area contributed by atoms with Gasteiger partial charge < -0.3 is 20.9 Å². The molecule has 36 heavy (non-hydrogen) atoms. The lowest BCUT2D eigenvalue weighted by Crippen LogP contribution is -2.46. The van der Waals surface area contributed by atoms with Gasteiger partial charge >= 0.3 is 0 Å². The maximum atomic E-state index is 4.83. The van der Waals surface area contributed by atoms with Gasteiger partial charge in [-0.1, -0.05) is 50.5 Å². The summed E-state index contributed by atoms with van der Waals surface area (Å²) < 4.78 is 0. The van der Waals surface area contributed by atoms with Gasteiger partial charge in [-0.05, 0) is 63.4 Å². The highest BCUT2D eigenvalue weighted by Gasteiger charge is 2.18. The Balaban J connectivity index is 1.16. The molecule has 7 heteroatoms. The molecule has 1 aromatic carbocycles. The van der Waals surface area contributed by atoms with Crippen LogP contribution in [0.2, 0.25) is 0 Å². The van der Waals surface area contributed by atoms with E-state index in [0.29, 0.717) is 5.95 Å². The summed E-state index contributed by atoms with van der Waals surface area (Å²) in [5, 5.41) is 10.8. The summed E-state index contributed by atoms with van der Waals surface area (Å²) in [5.74, 6) is 1.75. The van der Waals surface area contributed by atoms with E-state index in [1.54, 1.807) is 0 Å². The van der Waals surface area contributed by atoms with Crippen molar-refractivity contribution in [1.29, 1.82) is 0 Å². The maximum Gasteiger partial charge on any atom is 0.225 e. The van der Waals surface area contributed by atoms with Crippen LogP contribution in [0, 0.1) is 6.92 Å². The molecule has 2 aliphatic rings. The fourth-order valence-electron chi connectivity index (χ4n) is 5.32. The Morgan fingerprint density at radius 1 is 0.889 bits per heavy atom. The van der Waals surface area contributed by atoms with Crippen LogP contribution in [0.3, 0.4) is 0 Å². The molecule has 0 unspecified atom stereocenters.